The molecule has 1 aromatic rings. The molecule has 1 unspecified atom stereocenters. The maximum Gasteiger partial charge on any atom is 0.160 e. The molecule has 1 aromatic heterocycles. The number of likely N-dealkylation sites (N-methyl/N-ethyl adjacent to an activating group) is 1. The summed E-state index contributed by atoms with van der Waals surface area (Å²) in [5.74, 6) is 1.24. The van der Waals surface area contributed by atoms with Gasteiger partial charge in [-0.3, -0.25) is 4.90 Å². The molecule has 0 spiro atoms. The molecule has 0 aromatic carbocycles. The van der Waals surface area contributed by atoms with E-state index in [1.807, 2.05) is 0 Å². The first-order valence-electron chi connectivity index (χ1n) is 7.75. The van der Waals surface area contributed by atoms with E-state index in [9.17, 15) is 0 Å². The van der Waals surface area contributed by atoms with Gasteiger partial charge in [0.15, 0.2) is 5.82 Å². The van der Waals surface area contributed by atoms with E-state index in [4.69, 9.17) is 21.3 Å². The van der Waals surface area contributed by atoms with E-state index in [2.05, 4.69) is 32.7 Å². The van der Waals surface area contributed by atoms with Gasteiger partial charge in [0.2, 0.25) is 0 Å². The van der Waals surface area contributed by atoms with Crippen LogP contribution in [0.1, 0.15) is 56.1 Å². The zero-order chi connectivity index (χ0) is 14.8. The van der Waals surface area contributed by atoms with Crippen LogP contribution >= 0.6 is 27.5 Å². The average molecular weight is 375 g/mol. The lowest BCUT2D eigenvalue weighted by molar-refractivity contribution is -0.0327. The van der Waals surface area contributed by atoms with Crippen molar-refractivity contribution in [3.63, 3.8) is 0 Å². The highest BCUT2D eigenvalue weighted by molar-refractivity contribution is 9.10. The lowest BCUT2D eigenvalue weighted by atomic mass is 10.0. The van der Waals surface area contributed by atoms with Gasteiger partial charge in [-0.05, 0) is 35.3 Å². The fourth-order valence-electron chi connectivity index (χ4n) is 3.21. The molecule has 1 saturated carbocycles. The predicted octanol–water partition coefficient (Wildman–Crippen LogP) is 3.94. The van der Waals surface area contributed by atoms with Crippen molar-refractivity contribution >= 4 is 27.5 Å². The Morgan fingerprint density at radius 3 is 2.81 bits per heavy atom. The minimum atomic E-state index is -0.0653. The first-order chi connectivity index (χ1) is 10.2. The van der Waals surface area contributed by atoms with Gasteiger partial charge in [0.05, 0.1) is 16.8 Å². The van der Waals surface area contributed by atoms with Gasteiger partial charge in [-0.1, -0.05) is 31.4 Å². The second-order valence-corrected chi connectivity index (χ2v) is 6.96. The molecule has 6 heteroatoms. The number of halogens is 2. The molecule has 1 aliphatic heterocycles. The van der Waals surface area contributed by atoms with Gasteiger partial charge < -0.3 is 4.74 Å². The number of hydrogen-bond acceptors (Lipinski definition) is 4. The molecular formula is C15H21BrClN3O. The standard InChI is InChI=1S/C15H21BrClN3O/c1-2-20-7-8-21-11(9-20)15-18-13(10-5-3-4-6-10)12(16)14(17)19-15/h10-11H,2-9H2,1H3. The number of ether oxygens (including phenoxy) is 1. The van der Waals surface area contributed by atoms with Crippen molar-refractivity contribution in [1.82, 2.24) is 14.9 Å². The van der Waals surface area contributed by atoms with E-state index >= 15 is 0 Å². The quantitative estimate of drug-likeness (QED) is 0.751. The van der Waals surface area contributed by atoms with Crippen LogP contribution in [0.5, 0.6) is 0 Å². The maximum atomic E-state index is 6.32. The van der Waals surface area contributed by atoms with E-state index in [0.29, 0.717) is 11.1 Å². The molecule has 1 aliphatic carbocycles. The van der Waals surface area contributed by atoms with Gasteiger partial charge in [-0.2, -0.15) is 0 Å². The topological polar surface area (TPSA) is 38.2 Å². The Hall–Kier alpha value is -0.230. The fraction of sp³-hybridized carbons (Fsp3) is 0.733. The molecule has 2 fully saturated rings. The van der Waals surface area contributed by atoms with Crippen LogP contribution in [-0.2, 0) is 4.74 Å². The van der Waals surface area contributed by atoms with Gasteiger partial charge in [0.25, 0.3) is 0 Å². The highest BCUT2D eigenvalue weighted by atomic mass is 79.9. The van der Waals surface area contributed by atoms with Crippen LogP contribution in [0.25, 0.3) is 0 Å². The molecule has 2 heterocycles. The zero-order valence-corrected chi connectivity index (χ0v) is 14.7. The summed E-state index contributed by atoms with van der Waals surface area (Å²) in [7, 11) is 0. The summed E-state index contributed by atoms with van der Waals surface area (Å²) in [5, 5.41) is 0.513. The van der Waals surface area contributed by atoms with Crippen LogP contribution in [0, 0.1) is 0 Å². The van der Waals surface area contributed by atoms with E-state index in [1.165, 1.54) is 25.7 Å². The normalized spacial score (nSPS) is 24.6. The Morgan fingerprint density at radius 1 is 1.33 bits per heavy atom. The predicted molar refractivity (Wildman–Crippen MR) is 86.8 cm³/mol. The molecule has 0 amide bonds. The number of hydrogen-bond donors (Lipinski definition) is 0. The number of nitrogens with zero attached hydrogens (tertiary/aromatic N) is 3. The molecule has 116 valence electrons. The summed E-state index contributed by atoms with van der Waals surface area (Å²) in [5.41, 5.74) is 1.07. The third-order valence-electron chi connectivity index (χ3n) is 4.48. The summed E-state index contributed by atoms with van der Waals surface area (Å²) in [4.78, 5) is 11.6. The third-order valence-corrected chi connectivity index (χ3v) is 5.76. The molecule has 21 heavy (non-hydrogen) atoms. The lowest BCUT2D eigenvalue weighted by Gasteiger charge is -2.31. The summed E-state index contributed by atoms with van der Waals surface area (Å²) < 4.78 is 6.73. The lowest BCUT2D eigenvalue weighted by Crippen LogP contribution is -2.38. The van der Waals surface area contributed by atoms with Crippen molar-refractivity contribution in [2.45, 2.75) is 44.6 Å². The van der Waals surface area contributed by atoms with Gasteiger partial charge in [-0.25, -0.2) is 9.97 Å². The fourth-order valence-corrected chi connectivity index (χ4v) is 3.90. The molecule has 3 rings (SSSR count). The molecule has 1 saturated heterocycles. The average Bonchev–Trinajstić information content (AvgIpc) is 3.04. The number of morpholine rings is 1. The first-order valence-corrected chi connectivity index (χ1v) is 8.93. The highest BCUT2D eigenvalue weighted by Crippen LogP contribution is 2.39. The minimum Gasteiger partial charge on any atom is -0.368 e. The Balaban J connectivity index is 1.88. The molecule has 0 bridgehead atoms. The Morgan fingerprint density at radius 2 is 2.10 bits per heavy atom. The summed E-state index contributed by atoms with van der Waals surface area (Å²) in [6.45, 7) is 5.75. The second kappa shape index (κ2) is 6.90. The van der Waals surface area contributed by atoms with E-state index in [-0.39, 0.29) is 6.10 Å². The Bertz CT molecular complexity index is 508. The van der Waals surface area contributed by atoms with Gasteiger partial charge >= 0.3 is 0 Å². The van der Waals surface area contributed by atoms with E-state index in [0.717, 1.165) is 42.2 Å². The van der Waals surface area contributed by atoms with Crippen LogP contribution in [0.3, 0.4) is 0 Å². The third kappa shape index (κ3) is 3.41. The van der Waals surface area contributed by atoms with Crippen LogP contribution in [0.15, 0.2) is 4.47 Å². The molecule has 0 radical (unpaired) electrons. The maximum absolute atomic E-state index is 6.32. The van der Waals surface area contributed by atoms with Crippen molar-refractivity contribution in [2.75, 3.05) is 26.2 Å². The summed E-state index contributed by atoms with van der Waals surface area (Å²) in [6.07, 6.45) is 4.87. The van der Waals surface area contributed by atoms with Gasteiger partial charge in [0, 0.05) is 19.0 Å². The molecule has 4 nitrogen and oxygen atoms in total. The van der Waals surface area contributed by atoms with Crippen molar-refractivity contribution < 1.29 is 4.74 Å². The van der Waals surface area contributed by atoms with Crippen LogP contribution in [0.2, 0.25) is 5.15 Å². The summed E-state index contributed by atoms with van der Waals surface area (Å²) in [6, 6.07) is 0. The highest BCUT2D eigenvalue weighted by Gasteiger charge is 2.28. The Kier molecular flexibility index (Phi) is 5.15. The van der Waals surface area contributed by atoms with Crippen LogP contribution in [-0.4, -0.2) is 41.1 Å². The van der Waals surface area contributed by atoms with E-state index < -0.39 is 0 Å². The monoisotopic (exact) mass is 373 g/mol. The van der Waals surface area contributed by atoms with Gasteiger partial charge in [-0.15, -0.1) is 0 Å². The molecule has 0 N–H and O–H groups in total. The van der Waals surface area contributed by atoms with Crippen molar-refractivity contribution in [2.24, 2.45) is 0 Å². The van der Waals surface area contributed by atoms with Crippen molar-refractivity contribution in [1.29, 1.82) is 0 Å². The molecule has 1 atom stereocenters. The Labute approximate surface area is 139 Å². The SMILES string of the molecule is CCN1CCOC(c2nc(Cl)c(Br)c(C3CCCC3)n2)C1. The van der Waals surface area contributed by atoms with Crippen molar-refractivity contribution in [3.8, 4) is 0 Å². The van der Waals surface area contributed by atoms with Crippen LogP contribution in [0.4, 0.5) is 0 Å². The smallest absolute Gasteiger partial charge is 0.160 e. The first kappa shape index (κ1) is 15.7. The molecular weight excluding hydrogens is 354 g/mol. The second-order valence-electron chi connectivity index (χ2n) is 5.81. The zero-order valence-electron chi connectivity index (χ0n) is 12.3. The number of aromatic nitrogens is 2. The van der Waals surface area contributed by atoms with Crippen molar-refractivity contribution in [3.05, 3.63) is 21.1 Å². The van der Waals surface area contributed by atoms with Crippen LogP contribution < -0.4 is 0 Å². The largest absolute Gasteiger partial charge is 0.368 e. The summed E-state index contributed by atoms with van der Waals surface area (Å²) >= 11 is 9.89. The molecule has 2 aliphatic rings. The van der Waals surface area contributed by atoms with Gasteiger partial charge in [0.1, 0.15) is 11.3 Å². The number of rotatable bonds is 3. The van der Waals surface area contributed by atoms with E-state index in [1.54, 1.807) is 0 Å². The minimum absolute atomic E-state index is 0.0653.